The summed E-state index contributed by atoms with van der Waals surface area (Å²) in [4.78, 5) is 20.1. The third-order valence-electron chi connectivity index (χ3n) is 6.03. The van der Waals surface area contributed by atoms with Crippen LogP contribution >= 0.6 is 11.7 Å². The predicted octanol–water partition coefficient (Wildman–Crippen LogP) is 3.64. The fourth-order valence-electron chi connectivity index (χ4n) is 4.19. The van der Waals surface area contributed by atoms with Crippen LogP contribution in [0.5, 0.6) is 11.5 Å². The highest BCUT2D eigenvalue weighted by atomic mass is 32.2. The maximum Gasteiger partial charge on any atom is 0.252 e. The second kappa shape index (κ2) is 9.88. The first-order chi connectivity index (χ1) is 17.8. The number of fused-ring (bicyclic) bond motifs is 2. The first kappa shape index (κ1) is 24.8. The van der Waals surface area contributed by atoms with Gasteiger partial charge in [-0.2, -0.15) is 13.1 Å². The van der Waals surface area contributed by atoms with Crippen molar-refractivity contribution in [3.63, 3.8) is 0 Å². The lowest BCUT2D eigenvalue weighted by atomic mass is 10.1. The van der Waals surface area contributed by atoms with Crippen LogP contribution < -0.4 is 15.0 Å². The molecule has 0 aliphatic rings. The second-order valence-corrected chi connectivity index (χ2v) is 10.8. The zero-order valence-corrected chi connectivity index (χ0v) is 21.9. The zero-order valence-electron chi connectivity index (χ0n) is 20.3. The Morgan fingerprint density at radius 1 is 1.03 bits per heavy atom. The molecule has 0 saturated carbocycles. The van der Waals surface area contributed by atoms with Crippen molar-refractivity contribution < 1.29 is 17.9 Å². The number of hydrogen-bond acceptors (Lipinski definition) is 9. The molecule has 5 rings (SSSR count). The molecule has 0 saturated heterocycles. The average Bonchev–Trinajstić information content (AvgIpc) is 3.36. The van der Waals surface area contributed by atoms with E-state index in [1.807, 2.05) is 0 Å². The third-order valence-corrected chi connectivity index (χ3v) is 8.54. The number of sulfonamides is 1. The van der Waals surface area contributed by atoms with Crippen molar-refractivity contribution in [3.8, 4) is 11.5 Å². The number of methoxy groups -OCH3 is 2. The Labute approximate surface area is 216 Å². The minimum absolute atomic E-state index is 0.00692. The van der Waals surface area contributed by atoms with Gasteiger partial charge in [0.1, 0.15) is 15.9 Å². The van der Waals surface area contributed by atoms with Crippen LogP contribution in [-0.4, -0.2) is 45.7 Å². The molecule has 3 heterocycles. The molecule has 5 aromatic rings. The van der Waals surface area contributed by atoms with E-state index < -0.39 is 15.6 Å². The van der Waals surface area contributed by atoms with Gasteiger partial charge in [0.05, 0.1) is 31.5 Å². The Morgan fingerprint density at radius 2 is 1.81 bits per heavy atom. The zero-order chi connectivity index (χ0) is 26.2. The molecular formula is C25H23N5O5S2. The van der Waals surface area contributed by atoms with Crippen LogP contribution in [0.25, 0.3) is 21.9 Å². The van der Waals surface area contributed by atoms with Gasteiger partial charge in [0, 0.05) is 42.5 Å². The van der Waals surface area contributed by atoms with Gasteiger partial charge in [-0.05, 0) is 42.3 Å². The highest BCUT2D eigenvalue weighted by molar-refractivity contribution is 7.89. The molecule has 3 aromatic heterocycles. The van der Waals surface area contributed by atoms with E-state index in [1.165, 1.54) is 18.5 Å². The molecular weight excluding hydrogens is 514 g/mol. The fourth-order valence-corrected chi connectivity index (χ4v) is 6.55. The molecule has 37 heavy (non-hydrogen) atoms. The van der Waals surface area contributed by atoms with Gasteiger partial charge in [0.25, 0.3) is 5.56 Å². The lowest BCUT2D eigenvalue weighted by Gasteiger charge is -2.23. The lowest BCUT2D eigenvalue weighted by molar-refractivity contribution is 0.355. The fraction of sp³-hybridized carbons (Fsp3) is 0.200. The topological polar surface area (TPSA) is 127 Å². The normalized spacial score (nSPS) is 11.9. The SMILES string of the molecule is COc1cc2cc(CN(Cc3cccnc3)S(=O)(=O)c3c(C)ccc4nsnc34)c(=O)[nH]c2cc1OC. The standard InChI is InChI=1S/C25H23N5O5S2/c1-15-6-7-19-23(29-36-28-19)24(15)37(32,33)30(13-16-5-4-8-26-12-16)14-18-9-17-10-21(34-2)22(35-3)11-20(17)27-25(18)31/h4-12H,13-14H2,1-3H3,(H,27,31). The van der Waals surface area contributed by atoms with Crippen LogP contribution in [0, 0.1) is 6.92 Å². The number of H-pyrrole nitrogens is 1. The highest BCUT2D eigenvalue weighted by Crippen LogP contribution is 2.32. The number of ether oxygens (including phenoxy) is 2. The van der Waals surface area contributed by atoms with E-state index >= 15 is 0 Å². The van der Waals surface area contributed by atoms with Gasteiger partial charge in [-0.25, -0.2) is 8.42 Å². The van der Waals surface area contributed by atoms with E-state index in [0.29, 0.717) is 44.6 Å². The van der Waals surface area contributed by atoms with Crippen molar-refractivity contribution in [3.05, 3.63) is 81.9 Å². The quantitative estimate of drug-likeness (QED) is 0.318. The number of aromatic nitrogens is 4. The minimum Gasteiger partial charge on any atom is -0.493 e. The Morgan fingerprint density at radius 3 is 2.54 bits per heavy atom. The van der Waals surface area contributed by atoms with E-state index in [9.17, 15) is 13.2 Å². The lowest BCUT2D eigenvalue weighted by Crippen LogP contribution is -2.33. The van der Waals surface area contributed by atoms with E-state index in [0.717, 1.165) is 11.7 Å². The summed E-state index contributed by atoms with van der Waals surface area (Å²) in [5.74, 6) is 0.964. The first-order valence-electron chi connectivity index (χ1n) is 11.2. The van der Waals surface area contributed by atoms with Crippen LogP contribution in [0.4, 0.5) is 0 Å². The summed E-state index contributed by atoms with van der Waals surface area (Å²) in [5.41, 5.74) is 2.44. The molecule has 0 bridgehead atoms. The smallest absolute Gasteiger partial charge is 0.252 e. The summed E-state index contributed by atoms with van der Waals surface area (Å²) in [6, 6.07) is 12.0. The van der Waals surface area contributed by atoms with Crippen LogP contribution in [0.1, 0.15) is 16.7 Å². The molecule has 190 valence electrons. The van der Waals surface area contributed by atoms with Crippen LogP contribution in [0.2, 0.25) is 0 Å². The number of aryl methyl sites for hydroxylation is 1. The predicted molar refractivity (Wildman–Crippen MR) is 140 cm³/mol. The molecule has 10 nitrogen and oxygen atoms in total. The first-order valence-corrected chi connectivity index (χ1v) is 13.4. The molecule has 0 aliphatic heterocycles. The third kappa shape index (κ3) is 4.66. The summed E-state index contributed by atoms with van der Waals surface area (Å²) in [7, 11) is -1.07. The Hall–Kier alpha value is -3.87. The molecule has 0 fully saturated rings. The summed E-state index contributed by atoms with van der Waals surface area (Å²) in [6.07, 6.45) is 3.21. The number of rotatable bonds is 8. The maximum atomic E-state index is 14.1. The summed E-state index contributed by atoms with van der Waals surface area (Å²) >= 11 is 0.952. The van der Waals surface area contributed by atoms with Gasteiger partial charge in [-0.1, -0.05) is 12.1 Å². The number of hydrogen-bond donors (Lipinski definition) is 1. The maximum absolute atomic E-state index is 14.1. The summed E-state index contributed by atoms with van der Waals surface area (Å²) < 4.78 is 48.7. The largest absolute Gasteiger partial charge is 0.493 e. The van der Waals surface area contributed by atoms with Gasteiger partial charge < -0.3 is 14.5 Å². The average molecular weight is 538 g/mol. The Bertz CT molecular complexity index is 1770. The van der Waals surface area contributed by atoms with Crippen LogP contribution in [0.3, 0.4) is 0 Å². The monoisotopic (exact) mass is 537 g/mol. The van der Waals surface area contributed by atoms with Gasteiger partial charge in [-0.15, -0.1) is 0 Å². The molecule has 0 spiro atoms. The summed E-state index contributed by atoms with van der Waals surface area (Å²) in [5, 5.41) is 0.674. The second-order valence-electron chi connectivity index (χ2n) is 8.40. The van der Waals surface area contributed by atoms with Crippen LogP contribution in [0.15, 0.2) is 64.5 Å². The van der Waals surface area contributed by atoms with E-state index in [4.69, 9.17) is 9.47 Å². The molecule has 2 aromatic carbocycles. The number of nitrogens with zero attached hydrogens (tertiary/aromatic N) is 4. The van der Waals surface area contributed by atoms with Gasteiger partial charge in [0.15, 0.2) is 11.5 Å². The molecule has 1 N–H and O–H groups in total. The van der Waals surface area contributed by atoms with Crippen molar-refractivity contribution in [2.45, 2.75) is 24.9 Å². The summed E-state index contributed by atoms with van der Waals surface area (Å²) in [6.45, 7) is 1.55. The highest BCUT2D eigenvalue weighted by Gasteiger charge is 2.30. The number of nitrogens with one attached hydrogen (secondary N) is 1. The molecule has 0 unspecified atom stereocenters. The molecule has 0 aliphatic carbocycles. The number of benzene rings is 2. The van der Waals surface area contributed by atoms with Crippen molar-refractivity contribution >= 4 is 43.7 Å². The molecule has 0 amide bonds. The van der Waals surface area contributed by atoms with Crippen molar-refractivity contribution in [1.29, 1.82) is 0 Å². The molecule has 0 atom stereocenters. The van der Waals surface area contributed by atoms with Gasteiger partial charge in [-0.3, -0.25) is 9.78 Å². The van der Waals surface area contributed by atoms with Crippen molar-refractivity contribution in [1.82, 2.24) is 23.0 Å². The van der Waals surface area contributed by atoms with E-state index in [-0.39, 0.29) is 23.5 Å². The van der Waals surface area contributed by atoms with Crippen molar-refractivity contribution in [2.75, 3.05) is 14.2 Å². The number of aromatic amines is 1. The van der Waals surface area contributed by atoms with E-state index in [1.54, 1.807) is 61.8 Å². The van der Waals surface area contributed by atoms with Gasteiger partial charge in [0.2, 0.25) is 10.0 Å². The Balaban J connectivity index is 1.64. The number of pyridine rings is 2. The minimum atomic E-state index is -4.11. The van der Waals surface area contributed by atoms with E-state index in [2.05, 4.69) is 18.7 Å². The van der Waals surface area contributed by atoms with Crippen LogP contribution in [-0.2, 0) is 23.1 Å². The molecule has 0 radical (unpaired) electrons. The van der Waals surface area contributed by atoms with Crippen molar-refractivity contribution in [2.24, 2.45) is 0 Å². The Kier molecular flexibility index (Phi) is 6.63. The van der Waals surface area contributed by atoms with Gasteiger partial charge >= 0.3 is 0 Å². The molecule has 12 heteroatoms.